The highest BCUT2D eigenvalue weighted by Crippen LogP contribution is 2.51. The van der Waals surface area contributed by atoms with E-state index in [0.717, 1.165) is 23.5 Å². The van der Waals surface area contributed by atoms with Crippen molar-refractivity contribution in [1.82, 2.24) is 0 Å². The fourth-order valence-corrected chi connectivity index (χ4v) is 2.14. The van der Waals surface area contributed by atoms with Crippen LogP contribution in [0.5, 0.6) is 17.2 Å². The smallest absolute Gasteiger partial charge is 0.336 e. The van der Waals surface area contributed by atoms with Gasteiger partial charge in [-0.05, 0) is 18.6 Å². The third-order valence-electron chi connectivity index (χ3n) is 3.13. The van der Waals surface area contributed by atoms with Gasteiger partial charge in [-0.2, -0.15) is 0 Å². The summed E-state index contributed by atoms with van der Waals surface area (Å²) in [5, 5.41) is 9.30. The molecule has 0 amide bonds. The second-order valence-electron chi connectivity index (χ2n) is 4.60. The van der Waals surface area contributed by atoms with Gasteiger partial charge in [0.05, 0.1) is 12.2 Å². The van der Waals surface area contributed by atoms with Crippen LogP contribution in [-0.2, 0) is 0 Å². The van der Waals surface area contributed by atoms with Gasteiger partial charge in [0.25, 0.3) is 0 Å². The number of aromatic carboxylic acids is 1. The largest absolute Gasteiger partial charge is 0.493 e. The van der Waals surface area contributed by atoms with Crippen molar-refractivity contribution in [2.45, 2.75) is 13.3 Å². The van der Waals surface area contributed by atoms with E-state index in [4.69, 9.17) is 9.47 Å². The Morgan fingerprint density at radius 2 is 1.95 bits per heavy atom. The van der Waals surface area contributed by atoms with Crippen molar-refractivity contribution in [1.29, 1.82) is 0 Å². The number of carboxylic acids is 1. The molecule has 1 aliphatic heterocycles. The fraction of sp³-hybridized carbons (Fsp3) is 0.188. The molecule has 0 fully saturated rings. The van der Waals surface area contributed by atoms with E-state index in [1.807, 2.05) is 25.1 Å². The Morgan fingerprint density at radius 3 is 2.70 bits per heavy atom. The summed E-state index contributed by atoms with van der Waals surface area (Å²) >= 11 is 0. The Balaban J connectivity index is 2.10. The van der Waals surface area contributed by atoms with Crippen molar-refractivity contribution >= 4 is 5.97 Å². The van der Waals surface area contributed by atoms with Gasteiger partial charge in [0.1, 0.15) is 5.75 Å². The number of hydrogen-bond acceptors (Lipinski definition) is 3. The molecule has 4 heteroatoms. The second kappa shape index (κ2) is 4.89. The van der Waals surface area contributed by atoms with Gasteiger partial charge in [0.15, 0.2) is 11.5 Å². The SMILES string of the molecule is CCCOc1cc2c(cc1-c1ccccc1C(=O)O)O2. The second-order valence-corrected chi connectivity index (χ2v) is 4.60. The number of ether oxygens (including phenoxy) is 2. The first-order chi connectivity index (χ1) is 9.70. The number of carboxylic acid groups (broad SMARTS) is 1. The van der Waals surface area contributed by atoms with Crippen LogP contribution in [-0.4, -0.2) is 17.7 Å². The average Bonchev–Trinajstić information content (AvgIpc) is 3.22. The van der Waals surface area contributed by atoms with Crippen molar-refractivity contribution in [3.05, 3.63) is 42.0 Å². The Labute approximate surface area is 116 Å². The van der Waals surface area contributed by atoms with Gasteiger partial charge in [0, 0.05) is 17.2 Å². The van der Waals surface area contributed by atoms with E-state index in [2.05, 4.69) is 0 Å². The van der Waals surface area contributed by atoms with Crippen molar-refractivity contribution in [2.75, 3.05) is 6.61 Å². The third-order valence-corrected chi connectivity index (χ3v) is 3.13. The zero-order valence-electron chi connectivity index (χ0n) is 11.1. The monoisotopic (exact) mass is 270 g/mol. The zero-order valence-corrected chi connectivity index (χ0v) is 11.1. The van der Waals surface area contributed by atoms with Crippen LogP contribution < -0.4 is 9.47 Å². The minimum atomic E-state index is -0.951. The highest BCUT2D eigenvalue weighted by Gasteiger charge is 2.26. The van der Waals surface area contributed by atoms with Gasteiger partial charge in [0.2, 0.25) is 0 Å². The molecule has 0 radical (unpaired) electrons. The van der Waals surface area contributed by atoms with E-state index in [9.17, 15) is 9.90 Å². The van der Waals surface area contributed by atoms with Crippen LogP contribution in [0.25, 0.3) is 11.1 Å². The Hall–Kier alpha value is -2.49. The van der Waals surface area contributed by atoms with E-state index in [-0.39, 0.29) is 5.56 Å². The van der Waals surface area contributed by atoms with E-state index < -0.39 is 5.97 Å². The van der Waals surface area contributed by atoms with Crippen molar-refractivity contribution < 1.29 is 19.4 Å². The van der Waals surface area contributed by atoms with Crippen molar-refractivity contribution in [2.24, 2.45) is 0 Å². The van der Waals surface area contributed by atoms with Crippen LogP contribution in [0.1, 0.15) is 23.7 Å². The van der Waals surface area contributed by atoms with Gasteiger partial charge in [-0.15, -0.1) is 0 Å². The first-order valence-corrected chi connectivity index (χ1v) is 6.52. The van der Waals surface area contributed by atoms with Gasteiger partial charge in [-0.25, -0.2) is 4.79 Å². The molecule has 20 heavy (non-hydrogen) atoms. The Kier molecular flexibility index (Phi) is 3.06. The molecule has 0 saturated heterocycles. The maximum atomic E-state index is 11.3. The Bertz CT molecular complexity index is 676. The van der Waals surface area contributed by atoms with E-state index in [0.29, 0.717) is 17.9 Å². The lowest BCUT2D eigenvalue weighted by Gasteiger charge is -2.11. The zero-order chi connectivity index (χ0) is 14.1. The lowest BCUT2D eigenvalue weighted by Crippen LogP contribution is -2.01. The van der Waals surface area contributed by atoms with Crippen LogP contribution >= 0.6 is 0 Å². The summed E-state index contributed by atoms with van der Waals surface area (Å²) in [6, 6.07) is 10.6. The minimum Gasteiger partial charge on any atom is -0.493 e. The molecular formula is C16H14O4. The first kappa shape index (κ1) is 12.5. The highest BCUT2D eigenvalue weighted by atomic mass is 16.6. The molecule has 4 nitrogen and oxygen atoms in total. The summed E-state index contributed by atoms with van der Waals surface area (Å²) in [5.74, 6) is 1.29. The normalized spacial score (nSPS) is 11.4. The summed E-state index contributed by atoms with van der Waals surface area (Å²) in [4.78, 5) is 11.3. The van der Waals surface area contributed by atoms with E-state index >= 15 is 0 Å². The van der Waals surface area contributed by atoms with Crippen LogP contribution in [0, 0.1) is 0 Å². The highest BCUT2D eigenvalue weighted by molar-refractivity contribution is 5.97. The lowest BCUT2D eigenvalue weighted by molar-refractivity contribution is 0.0697. The molecule has 0 unspecified atom stereocenters. The van der Waals surface area contributed by atoms with Crippen molar-refractivity contribution in [3.63, 3.8) is 0 Å². The van der Waals surface area contributed by atoms with Gasteiger partial charge >= 0.3 is 5.97 Å². The molecule has 102 valence electrons. The quantitative estimate of drug-likeness (QED) is 0.713. The van der Waals surface area contributed by atoms with Gasteiger partial charge in [-0.3, -0.25) is 0 Å². The molecule has 0 bridgehead atoms. The number of hydrogen-bond donors (Lipinski definition) is 1. The lowest BCUT2D eigenvalue weighted by atomic mass is 9.99. The molecule has 1 N–H and O–H groups in total. The average molecular weight is 270 g/mol. The molecule has 2 aromatic carbocycles. The predicted molar refractivity (Wildman–Crippen MR) is 74.7 cm³/mol. The molecule has 0 aliphatic carbocycles. The first-order valence-electron chi connectivity index (χ1n) is 6.52. The molecule has 1 heterocycles. The van der Waals surface area contributed by atoms with Crippen LogP contribution in [0.15, 0.2) is 36.4 Å². The molecule has 0 spiro atoms. The van der Waals surface area contributed by atoms with Gasteiger partial charge in [-0.1, -0.05) is 25.1 Å². The summed E-state index contributed by atoms with van der Waals surface area (Å²) in [6.07, 6.45) is 0.887. The number of rotatable bonds is 5. The maximum absolute atomic E-state index is 11.3. The van der Waals surface area contributed by atoms with Crippen molar-refractivity contribution in [3.8, 4) is 28.4 Å². The molecule has 1 aliphatic rings. The van der Waals surface area contributed by atoms with Crippen LogP contribution in [0.4, 0.5) is 0 Å². The molecule has 0 atom stereocenters. The van der Waals surface area contributed by atoms with Gasteiger partial charge < -0.3 is 14.6 Å². The summed E-state index contributed by atoms with van der Waals surface area (Å²) in [5.41, 5.74) is 1.66. The topological polar surface area (TPSA) is 59.1 Å². The van der Waals surface area contributed by atoms with Crippen LogP contribution in [0.2, 0.25) is 0 Å². The summed E-state index contributed by atoms with van der Waals surface area (Å²) < 4.78 is 11.0. The number of carbonyl (C=O) groups is 1. The molecule has 2 aromatic rings. The standard InChI is InChI=1S/C16H14O4/c1-2-7-19-13-9-15-14(20-15)8-12(13)10-5-3-4-6-11(10)16(17)18/h3-6,8-9H,2,7H2,1H3,(H,17,18). The number of benzene rings is 2. The molecule has 3 rings (SSSR count). The minimum absolute atomic E-state index is 0.259. The number of fused-ring (bicyclic) bond motifs is 1. The summed E-state index contributed by atoms with van der Waals surface area (Å²) in [7, 11) is 0. The Morgan fingerprint density at radius 1 is 1.20 bits per heavy atom. The van der Waals surface area contributed by atoms with E-state index in [1.54, 1.807) is 18.2 Å². The van der Waals surface area contributed by atoms with E-state index in [1.165, 1.54) is 0 Å². The predicted octanol–water partition coefficient (Wildman–Crippen LogP) is 3.95. The third kappa shape index (κ3) is 2.20. The molecule has 0 saturated carbocycles. The molecular weight excluding hydrogens is 256 g/mol. The summed E-state index contributed by atoms with van der Waals surface area (Å²) in [6.45, 7) is 2.61. The molecule has 0 aromatic heterocycles. The maximum Gasteiger partial charge on any atom is 0.336 e. The fourth-order valence-electron chi connectivity index (χ4n) is 2.14. The van der Waals surface area contributed by atoms with Crippen LogP contribution in [0.3, 0.4) is 0 Å².